The summed E-state index contributed by atoms with van der Waals surface area (Å²) in [5.74, 6) is 0.480. The molecule has 0 fully saturated rings. The third-order valence-corrected chi connectivity index (χ3v) is 5.98. The molecule has 2 aromatic rings. The van der Waals surface area contributed by atoms with E-state index >= 15 is 0 Å². The standard InChI is InChI=1S/C13H15NOSe/c1-14-7-5-9-11(6-8-14)16-12-4-2-3-10(15)13(9)12/h2-4,15H,5-8H2,1H3. The quantitative estimate of drug-likeness (QED) is 0.742. The molecule has 0 unspecified atom stereocenters. The molecule has 1 aliphatic heterocycles. The molecule has 1 aromatic carbocycles. The van der Waals surface area contributed by atoms with Crippen molar-refractivity contribution in [2.45, 2.75) is 12.8 Å². The van der Waals surface area contributed by atoms with Crippen LogP contribution in [0.1, 0.15) is 10.0 Å². The Morgan fingerprint density at radius 3 is 2.94 bits per heavy atom. The van der Waals surface area contributed by atoms with Crippen LogP contribution in [0.4, 0.5) is 0 Å². The van der Waals surface area contributed by atoms with Gasteiger partial charge in [-0.2, -0.15) is 0 Å². The Morgan fingerprint density at radius 2 is 2.06 bits per heavy atom. The maximum absolute atomic E-state index is 9.99. The van der Waals surface area contributed by atoms with Crippen LogP contribution >= 0.6 is 0 Å². The van der Waals surface area contributed by atoms with Crippen LogP contribution in [0.2, 0.25) is 0 Å². The van der Waals surface area contributed by atoms with E-state index in [1.54, 1.807) is 4.44 Å². The van der Waals surface area contributed by atoms with Crippen LogP contribution in [0, 0.1) is 0 Å². The van der Waals surface area contributed by atoms with Crippen molar-refractivity contribution in [1.82, 2.24) is 4.90 Å². The van der Waals surface area contributed by atoms with Crippen LogP contribution in [-0.4, -0.2) is 44.6 Å². The summed E-state index contributed by atoms with van der Waals surface area (Å²) in [6.07, 6.45) is 2.28. The molecule has 0 radical (unpaired) electrons. The molecule has 84 valence electrons. The van der Waals surface area contributed by atoms with E-state index in [4.69, 9.17) is 0 Å². The predicted octanol–water partition coefficient (Wildman–Crippen LogP) is 1.63. The number of aromatic hydroxyl groups is 1. The topological polar surface area (TPSA) is 23.5 Å². The molecule has 1 aromatic heterocycles. The number of likely N-dealkylation sites (N-methyl/N-ethyl adjacent to an activating group) is 1. The molecule has 2 nitrogen and oxygen atoms in total. The third kappa shape index (κ3) is 1.60. The Hall–Kier alpha value is -0.761. The first-order valence-electron chi connectivity index (χ1n) is 5.66. The first kappa shape index (κ1) is 10.4. The van der Waals surface area contributed by atoms with Crippen LogP contribution in [0.3, 0.4) is 0 Å². The number of hydrogen-bond acceptors (Lipinski definition) is 2. The van der Waals surface area contributed by atoms with Crippen molar-refractivity contribution in [2.24, 2.45) is 0 Å². The second-order valence-corrected chi connectivity index (χ2v) is 6.84. The normalized spacial score (nSPS) is 17.3. The van der Waals surface area contributed by atoms with Crippen LogP contribution in [-0.2, 0) is 12.8 Å². The molecule has 2 heterocycles. The van der Waals surface area contributed by atoms with Crippen molar-refractivity contribution >= 4 is 24.1 Å². The van der Waals surface area contributed by atoms with Gasteiger partial charge >= 0.3 is 101 Å². The van der Waals surface area contributed by atoms with E-state index in [1.807, 2.05) is 12.1 Å². The van der Waals surface area contributed by atoms with Gasteiger partial charge < -0.3 is 0 Å². The molecule has 1 aliphatic rings. The van der Waals surface area contributed by atoms with Gasteiger partial charge in [0.05, 0.1) is 0 Å². The zero-order valence-corrected chi connectivity index (χ0v) is 11.1. The summed E-state index contributed by atoms with van der Waals surface area (Å²) in [6, 6.07) is 5.96. The molecule has 0 saturated carbocycles. The summed E-state index contributed by atoms with van der Waals surface area (Å²) in [5.41, 5.74) is 1.44. The number of phenols is 1. The van der Waals surface area contributed by atoms with Gasteiger partial charge in [0.1, 0.15) is 0 Å². The van der Waals surface area contributed by atoms with E-state index in [1.165, 1.54) is 16.2 Å². The molecule has 3 heteroatoms. The van der Waals surface area contributed by atoms with Gasteiger partial charge in [0.15, 0.2) is 0 Å². The van der Waals surface area contributed by atoms with Crippen LogP contribution in [0.5, 0.6) is 5.75 Å². The number of fused-ring (bicyclic) bond motifs is 3. The van der Waals surface area contributed by atoms with Crippen molar-refractivity contribution in [3.8, 4) is 5.75 Å². The minimum atomic E-state index is 0.453. The Bertz CT molecular complexity index is 532. The Morgan fingerprint density at radius 1 is 1.25 bits per heavy atom. The molecule has 0 aliphatic carbocycles. The first-order chi connectivity index (χ1) is 7.75. The summed E-state index contributed by atoms with van der Waals surface area (Å²) in [7, 11) is 2.18. The summed E-state index contributed by atoms with van der Waals surface area (Å²) in [5, 5.41) is 11.2. The Balaban J connectivity index is 2.20. The van der Waals surface area contributed by atoms with E-state index in [-0.39, 0.29) is 0 Å². The number of phenolic OH excluding ortho intramolecular Hbond substituents is 1. The molecule has 0 spiro atoms. The van der Waals surface area contributed by atoms with Crippen LogP contribution in [0.15, 0.2) is 18.2 Å². The third-order valence-electron chi connectivity index (χ3n) is 3.34. The number of hydrogen-bond donors (Lipinski definition) is 1. The van der Waals surface area contributed by atoms with E-state index in [0.29, 0.717) is 20.3 Å². The fourth-order valence-corrected chi connectivity index (χ4v) is 5.06. The zero-order chi connectivity index (χ0) is 11.1. The van der Waals surface area contributed by atoms with Crippen molar-refractivity contribution in [1.29, 1.82) is 0 Å². The summed E-state index contributed by atoms with van der Waals surface area (Å²) >= 11 is 0.453. The average molecular weight is 280 g/mol. The molecule has 0 amide bonds. The molecule has 1 N–H and O–H groups in total. The SMILES string of the molecule is CN1CCc2[se]c3cccc(O)c3c2CC1. The van der Waals surface area contributed by atoms with E-state index < -0.39 is 0 Å². The van der Waals surface area contributed by atoms with Gasteiger partial charge in [0.2, 0.25) is 0 Å². The molecule has 0 bridgehead atoms. The molecule has 16 heavy (non-hydrogen) atoms. The van der Waals surface area contributed by atoms with Gasteiger partial charge in [-0.3, -0.25) is 0 Å². The number of nitrogens with zero attached hydrogens (tertiary/aromatic N) is 1. The first-order valence-corrected chi connectivity index (χ1v) is 7.38. The second kappa shape index (κ2) is 3.92. The summed E-state index contributed by atoms with van der Waals surface area (Å²) < 4.78 is 2.98. The van der Waals surface area contributed by atoms with Gasteiger partial charge in [-0.1, -0.05) is 0 Å². The van der Waals surface area contributed by atoms with E-state index in [2.05, 4.69) is 18.0 Å². The molecular formula is C13H15NOSe. The second-order valence-electron chi connectivity index (χ2n) is 4.46. The van der Waals surface area contributed by atoms with Crippen LogP contribution < -0.4 is 0 Å². The average Bonchev–Trinajstić information content (AvgIpc) is 2.54. The molecule has 0 saturated heterocycles. The predicted molar refractivity (Wildman–Crippen MR) is 67.5 cm³/mol. The van der Waals surface area contributed by atoms with Crippen molar-refractivity contribution in [2.75, 3.05) is 20.1 Å². The van der Waals surface area contributed by atoms with E-state index in [0.717, 1.165) is 24.9 Å². The van der Waals surface area contributed by atoms with Gasteiger partial charge in [-0.15, -0.1) is 0 Å². The van der Waals surface area contributed by atoms with E-state index in [9.17, 15) is 5.11 Å². The number of rotatable bonds is 0. The van der Waals surface area contributed by atoms with Gasteiger partial charge in [0, 0.05) is 0 Å². The Labute approximate surface area is 101 Å². The van der Waals surface area contributed by atoms with Gasteiger partial charge in [0.25, 0.3) is 0 Å². The number of benzene rings is 1. The zero-order valence-electron chi connectivity index (χ0n) is 9.36. The fourth-order valence-electron chi connectivity index (χ4n) is 2.41. The molecule has 0 atom stereocenters. The van der Waals surface area contributed by atoms with Gasteiger partial charge in [-0.05, 0) is 0 Å². The monoisotopic (exact) mass is 281 g/mol. The maximum atomic E-state index is 9.99. The van der Waals surface area contributed by atoms with Crippen molar-refractivity contribution in [3.05, 3.63) is 28.2 Å². The summed E-state index contributed by atoms with van der Waals surface area (Å²) in [4.78, 5) is 2.38. The van der Waals surface area contributed by atoms with Gasteiger partial charge in [-0.25, -0.2) is 0 Å². The van der Waals surface area contributed by atoms with Crippen molar-refractivity contribution in [3.63, 3.8) is 0 Å². The van der Waals surface area contributed by atoms with Crippen LogP contribution in [0.25, 0.3) is 9.65 Å². The molecular weight excluding hydrogens is 265 g/mol. The molecule has 3 rings (SSSR count). The van der Waals surface area contributed by atoms with Crippen molar-refractivity contribution < 1.29 is 5.11 Å². The Kier molecular flexibility index (Phi) is 2.55. The fraction of sp³-hybridized carbons (Fsp3) is 0.385. The summed E-state index contributed by atoms with van der Waals surface area (Å²) in [6.45, 7) is 2.28. The minimum absolute atomic E-state index is 0.453.